The third-order valence-electron chi connectivity index (χ3n) is 7.79. The van der Waals surface area contributed by atoms with E-state index in [0.29, 0.717) is 24.1 Å². The number of amides is 2. The molecule has 6 rings (SSSR count). The van der Waals surface area contributed by atoms with Crippen molar-refractivity contribution < 1.29 is 31.9 Å². The number of nitrogens with one attached hydrogen (secondary N) is 1. The fourth-order valence-corrected chi connectivity index (χ4v) is 5.45. The minimum atomic E-state index is -4.67. The van der Waals surface area contributed by atoms with E-state index in [-0.39, 0.29) is 42.6 Å². The topological polar surface area (TPSA) is 71.5 Å². The average molecular weight is 503 g/mol. The minimum absolute atomic E-state index is 0.0236. The lowest BCUT2D eigenvalue weighted by Gasteiger charge is -2.36. The van der Waals surface area contributed by atoms with Crippen molar-refractivity contribution >= 4 is 11.8 Å². The number of pyridine rings is 1. The molecular weight excluding hydrogens is 478 g/mol. The zero-order valence-electron chi connectivity index (χ0n) is 19.3. The molecule has 0 unspecified atom stereocenters. The minimum Gasteiger partial charge on any atom is -0.381 e. The van der Waals surface area contributed by atoms with Crippen molar-refractivity contribution in [2.45, 2.75) is 55.9 Å². The quantitative estimate of drug-likeness (QED) is 0.600. The van der Waals surface area contributed by atoms with Crippen molar-refractivity contribution in [2.75, 3.05) is 13.2 Å². The summed E-state index contributed by atoms with van der Waals surface area (Å²) in [7, 11) is 0. The first kappa shape index (κ1) is 23.4. The summed E-state index contributed by atoms with van der Waals surface area (Å²) < 4.78 is 59.1. The van der Waals surface area contributed by atoms with Crippen LogP contribution in [-0.2, 0) is 15.7 Å². The van der Waals surface area contributed by atoms with Crippen molar-refractivity contribution in [2.24, 2.45) is 11.8 Å². The van der Waals surface area contributed by atoms with Crippen LogP contribution in [0.4, 0.5) is 17.6 Å². The Kier molecular flexibility index (Phi) is 5.55. The maximum Gasteiger partial charge on any atom is 0.416 e. The number of carbonyl (C=O) groups is 2. The molecule has 1 N–H and O–H groups in total. The number of hydrogen-bond acceptors (Lipinski definition) is 4. The fourth-order valence-electron chi connectivity index (χ4n) is 5.45. The number of carbonyl (C=O) groups excluding carboxylic acids is 2. The number of ether oxygens (including phenoxy) is 1. The molecular formula is C26H25F4N3O3. The van der Waals surface area contributed by atoms with Crippen molar-refractivity contribution in [3.8, 4) is 0 Å². The van der Waals surface area contributed by atoms with Crippen LogP contribution in [0.15, 0.2) is 36.5 Å². The van der Waals surface area contributed by atoms with Gasteiger partial charge in [-0.05, 0) is 67.3 Å². The second-order valence-corrected chi connectivity index (χ2v) is 10.3. The molecule has 2 amide bonds. The summed E-state index contributed by atoms with van der Waals surface area (Å²) in [6.07, 6.45) is 0.442. The molecule has 2 saturated heterocycles. The first-order valence-electron chi connectivity index (χ1n) is 12.2. The van der Waals surface area contributed by atoms with Crippen LogP contribution in [0, 0.1) is 17.7 Å². The van der Waals surface area contributed by atoms with Gasteiger partial charge in [-0.3, -0.25) is 14.6 Å². The van der Waals surface area contributed by atoms with Crippen LogP contribution in [0.2, 0.25) is 0 Å². The molecule has 6 nitrogen and oxygen atoms in total. The number of fused-ring (bicyclic) bond motifs is 1. The molecule has 0 spiro atoms. The summed E-state index contributed by atoms with van der Waals surface area (Å²) in [6, 6.07) is 4.41. The number of benzene rings is 1. The summed E-state index contributed by atoms with van der Waals surface area (Å²) in [5.74, 6) is -1.38. The van der Waals surface area contributed by atoms with E-state index >= 15 is 0 Å². The zero-order chi connectivity index (χ0) is 25.2. The average Bonchev–Trinajstić information content (AvgIpc) is 3.74. The van der Waals surface area contributed by atoms with E-state index < -0.39 is 35.5 Å². The van der Waals surface area contributed by atoms with Gasteiger partial charge in [0, 0.05) is 23.7 Å². The highest BCUT2D eigenvalue weighted by molar-refractivity contribution is 5.97. The molecule has 0 bridgehead atoms. The van der Waals surface area contributed by atoms with Crippen molar-refractivity contribution in [1.82, 2.24) is 15.2 Å². The molecule has 1 aromatic heterocycles. The molecule has 190 valence electrons. The highest BCUT2D eigenvalue weighted by Crippen LogP contribution is 2.49. The van der Waals surface area contributed by atoms with Crippen LogP contribution >= 0.6 is 0 Å². The van der Waals surface area contributed by atoms with E-state index in [4.69, 9.17) is 4.74 Å². The van der Waals surface area contributed by atoms with Gasteiger partial charge in [0.25, 0.3) is 5.91 Å². The molecule has 3 heterocycles. The van der Waals surface area contributed by atoms with E-state index in [0.717, 1.165) is 37.0 Å². The molecule has 2 aliphatic carbocycles. The number of halogens is 4. The molecule has 10 heteroatoms. The zero-order valence-corrected chi connectivity index (χ0v) is 19.3. The maximum atomic E-state index is 14.8. The van der Waals surface area contributed by atoms with Crippen molar-refractivity contribution in [3.63, 3.8) is 0 Å². The molecule has 0 radical (unpaired) electrons. The van der Waals surface area contributed by atoms with Gasteiger partial charge in [0.2, 0.25) is 5.91 Å². The molecule has 36 heavy (non-hydrogen) atoms. The predicted molar refractivity (Wildman–Crippen MR) is 119 cm³/mol. The van der Waals surface area contributed by atoms with Gasteiger partial charge in [-0.15, -0.1) is 0 Å². The highest BCUT2D eigenvalue weighted by Gasteiger charge is 2.56. The number of alkyl halides is 3. The smallest absolute Gasteiger partial charge is 0.381 e. The summed E-state index contributed by atoms with van der Waals surface area (Å²) in [5, 5.41) is 2.84. The lowest BCUT2D eigenvalue weighted by Crippen LogP contribution is -2.51. The van der Waals surface area contributed by atoms with Gasteiger partial charge in [0.15, 0.2) is 0 Å². The Morgan fingerprint density at radius 3 is 2.53 bits per heavy atom. The maximum absolute atomic E-state index is 14.8. The molecule has 2 aliphatic heterocycles. The molecule has 4 fully saturated rings. The number of nitrogens with zero attached hydrogens (tertiary/aromatic N) is 2. The van der Waals surface area contributed by atoms with Crippen LogP contribution < -0.4 is 5.32 Å². The summed E-state index contributed by atoms with van der Waals surface area (Å²) in [5.41, 5.74) is 0.267. The van der Waals surface area contributed by atoms with E-state index in [9.17, 15) is 27.2 Å². The number of hydrogen-bond donors (Lipinski definition) is 1. The Balaban J connectivity index is 1.23. The summed E-state index contributed by atoms with van der Waals surface area (Å²) in [6.45, 7) is 0.504. The Hall–Kier alpha value is -3.01. The predicted octanol–water partition coefficient (Wildman–Crippen LogP) is 4.22. The lowest BCUT2D eigenvalue weighted by atomic mass is 9.90. The van der Waals surface area contributed by atoms with E-state index in [1.165, 1.54) is 0 Å². The standard InChI is InChI=1S/C26H25F4N3O3/c27-19-10-17(26(28,29)30)3-4-18(19)23(16-11-36-12-16)32-24(34)22-9-15-8-21(15)33(22)25(35)20-7-14(5-6-31-20)13-1-2-13/h3-7,10,13,15-16,21-23H,1-2,8-9,11-12H2,(H,32,34)/t15-,21-,22-,23-/m1/s1. The van der Waals surface area contributed by atoms with Crippen LogP contribution in [0.5, 0.6) is 0 Å². The summed E-state index contributed by atoms with van der Waals surface area (Å²) in [4.78, 5) is 32.7. The SMILES string of the molecule is O=C(N[C@@H](c1ccc(C(F)(F)F)cc1F)C1COC1)[C@H]1C[C@H]2C[C@H]2N1C(=O)c1cc(C2CC2)ccn1. The summed E-state index contributed by atoms with van der Waals surface area (Å²) >= 11 is 0. The van der Waals surface area contributed by atoms with Gasteiger partial charge in [-0.2, -0.15) is 13.2 Å². The van der Waals surface area contributed by atoms with Gasteiger partial charge in [0.05, 0.1) is 24.8 Å². The molecule has 4 aliphatic rings. The Labute approximate surface area is 205 Å². The van der Waals surface area contributed by atoms with E-state index in [1.807, 2.05) is 6.07 Å². The second-order valence-electron chi connectivity index (χ2n) is 10.3. The monoisotopic (exact) mass is 503 g/mol. The molecule has 1 aromatic carbocycles. The Bertz CT molecular complexity index is 1210. The second kappa shape index (κ2) is 8.54. The molecule has 2 aromatic rings. The third kappa shape index (κ3) is 4.25. The fraction of sp³-hybridized carbons (Fsp3) is 0.500. The normalized spacial score (nSPS) is 26.2. The van der Waals surface area contributed by atoms with Gasteiger partial charge < -0.3 is 15.0 Å². The number of piperidine rings is 1. The van der Waals surface area contributed by atoms with Gasteiger partial charge >= 0.3 is 6.18 Å². The van der Waals surface area contributed by atoms with E-state index in [2.05, 4.69) is 10.3 Å². The van der Waals surface area contributed by atoms with Crippen molar-refractivity contribution in [1.29, 1.82) is 0 Å². The number of aromatic nitrogens is 1. The van der Waals surface area contributed by atoms with Gasteiger partial charge in [-0.1, -0.05) is 6.07 Å². The molecule has 4 atom stereocenters. The van der Waals surface area contributed by atoms with Gasteiger partial charge in [-0.25, -0.2) is 4.39 Å². The van der Waals surface area contributed by atoms with E-state index in [1.54, 1.807) is 17.2 Å². The van der Waals surface area contributed by atoms with Crippen LogP contribution in [-0.4, -0.2) is 47.0 Å². The third-order valence-corrected chi connectivity index (χ3v) is 7.79. The molecule has 2 saturated carbocycles. The van der Waals surface area contributed by atoms with Gasteiger partial charge in [0.1, 0.15) is 17.6 Å². The number of likely N-dealkylation sites (tertiary alicyclic amines) is 1. The largest absolute Gasteiger partial charge is 0.416 e. The van der Waals surface area contributed by atoms with Crippen LogP contribution in [0.3, 0.4) is 0 Å². The van der Waals surface area contributed by atoms with Crippen LogP contribution in [0.25, 0.3) is 0 Å². The van der Waals surface area contributed by atoms with Crippen molar-refractivity contribution in [3.05, 3.63) is 64.7 Å². The Morgan fingerprint density at radius 2 is 1.89 bits per heavy atom. The lowest BCUT2D eigenvalue weighted by molar-refractivity contribution is -0.138. The number of rotatable bonds is 6. The first-order chi connectivity index (χ1) is 17.2. The Morgan fingerprint density at radius 1 is 1.11 bits per heavy atom. The van der Waals surface area contributed by atoms with Crippen LogP contribution in [0.1, 0.15) is 64.8 Å². The highest BCUT2D eigenvalue weighted by atomic mass is 19.4. The first-order valence-corrected chi connectivity index (χ1v) is 12.2.